The van der Waals surface area contributed by atoms with Gasteiger partial charge in [-0.25, -0.2) is 0 Å². The zero-order chi connectivity index (χ0) is 46.1. The van der Waals surface area contributed by atoms with Crippen molar-refractivity contribution in [2.24, 2.45) is 0 Å². The quantitative estimate of drug-likeness (QED) is 0.148. The standard InChI is InChI=1S/C67H48N2/c1-67(2)62-31-16-14-28-55(62)56-39-38-52(42-63(56)67)68(51-36-33-48(34-37-51)54-30-18-24-45-23-12-13-27-53(45)54)66-44-59(46-19-6-3-7-20-46)58(43-60(66)47-21-8-4-9-22-47)49-35-40-65-61(41-49)57-29-15-17-32-64(57)69(65)50-25-10-5-11-26-50/h3-44H,1-2H3. The highest BCUT2D eigenvalue weighted by Gasteiger charge is 2.36. The first-order valence-corrected chi connectivity index (χ1v) is 24.0. The molecule has 0 bridgehead atoms. The Labute approximate surface area is 403 Å². The van der Waals surface area contributed by atoms with Gasteiger partial charge >= 0.3 is 0 Å². The first-order valence-electron chi connectivity index (χ1n) is 24.0. The molecule has 0 unspecified atom stereocenters. The third kappa shape index (κ3) is 6.71. The lowest BCUT2D eigenvalue weighted by molar-refractivity contribution is 0.660. The third-order valence-electron chi connectivity index (χ3n) is 14.6. The summed E-state index contributed by atoms with van der Waals surface area (Å²) in [6, 6.07) is 93.9. The number of aromatic nitrogens is 1. The molecule has 0 saturated carbocycles. The van der Waals surface area contributed by atoms with Gasteiger partial charge in [0.05, 0.1) is 16.7 Å². The van der Waals surface area contributed by atoms with Crippen molar-refractivity contribution >= 4 is 49.6 Å². The first kappa shape index (κ1) is 40.5. The van der Waals surface area contributed by atoms with Crippen molar-refractivity contribution < 1.29 is 0 Å². The molecule has 0 fully saturated rings. The van der Waals surface area contributed by atoms with E-state index < -0.39 is 0 Å². The lowest BCUT2D eigenvalue weighted by atomic mass is 9.82. The average molecular weight is 881 g/mol. The van der Waals surface area contributed by atoms with E-state index in [2.05, 4.69) is 278 Å². The van der Waals surface area contributed by atoms with Crippen LogP contribution in [0.15, 0.2) is 255 Å². The molecular formula is C67H48N2. The number of hydrogen-bond acceptors (Lipinski definition) is 1. The van der Waals surface area contributed by atoms with Crippen molar-refractivity contribution in [1.29, 1.82) is 0 Å². The van der Waals surface area contributed by atoms with Gasteiger partial charge < -0.3 is 9.47 Å². The van der Waals surface area contributed by atoms with Crippen LogP contribution in [0.5, 0.6) is 0 Å². The van der Waals surface area contributed by atoms with Gasteiger partial charge in [-0.05, 0) is 139 Å². The zero-order valence-corrected chi connectivity index (χ0v) is 38.6. The summed E-state index contributed by atoms with van der Waals surface area (Å²) >= 11 is 0. The molecule has 69 heavy (non-hydrogen) atoms. The van der Waals surface area contributed by atoms with Crippen LogP contribution in [0.2, 0.25) is 0 Å². The summed E-state index contributed by atoms with van der Waals surface area (Å²) in [6.07, 6.45) is 0. The minimum atomic E-state index is -0.171. The van der Waals surface area contributed by atoms with Crippen molar-refractivity contribution in [2.75, 3.05) is 4.90 Å². The molecule has 2 nitrogen and oxygen atoms in total. The topological polar surface area (TPSA) is 8.17 Å². The van der Waals surface area contributed by atoms with Crippen LogP contribution in [-0.2, 0) is 5.41 Å². The highest BCUT2D eigenvalue weighted by Crippen LogP contribution is 2.53. The number of anilines is 3. The second-order valence-corrected chi connectivity index (χ2v) is 18.9. The van der Waals surface area contributed by atoms with E-state index in [0.29, 0.717) is 0 Å². The Kier molecular flexibility index (Phi) is 9.55. The van der Waals surface area contributed by atoms with Gasteiger partial charge in [0.15, 0.2) is 0 Å². The van der Waals surface area contributed by atoms with E-state index in [4.69, 9.17) is 0 Å². The second kappa shape index (κ2) is 16.3. The molecule has 0 atom stereocenters. The van der Waals surface area contributed by atoms with Crippen LogP contribution in [0.3, 0.4) is 0 Å². The fourth-order valence-corrected chi connectivity index (χ4v) is 11.2. The molecule has 0 radical (unpaired) electrons. The molecule has 0 spiro atoms. The van der Waals surface area contributed by atoms with Crippen molar-refractivity contribution in [3.63, 3.8) is 0 Å². The van der Waals surface area contributed by atoms with Gasteiger partial charge in [-0.3, -0.25) is 0 Å². The maximum absolute atomic E-state index is 2.50. The summed E-state index contributed by atoms with van der Waals surface area (Å²) in [5.74, 6) is 0. The Hall–Kier alpha value is -8.72. The maximum atomic E-state index is 2.50. The molecule has 2 heteroatoms. The fraction of sp³-hybridized carbons (Fsp3) is 0.0448. The number of hydrogen-bond donors (Lipinski definition) is 0. The Morgan fingerprint density at radius 2 is 0.870 bits per heavy atom. The van der Waals surface area contributed by atoms with Gasteiger partial charge in [0.25, 0.3) is 0 Å². The molecule has 326 valence electrons. The highest BCUT2D eigenvalue weighted by molar-refractivity contribution is 6.11. The predicted octanol–water partition coefficient (Wildman–Crippen LogP) is 18.4. The largest absolute Gasteiger partial charge is 0.310 e. The van der Waals surface area contributed by atoms with Crippen molar-refractivity contribution in [3.8, 4) is 61.3 Å². The summed E-state index contributed by atoms with van der Waals surface area (Å²) in [5, 5.41) is 4.96. The van der Waals surface area contributed by atoms with E-state index in [9.17, 15) is 0 Å². The van der Waals surface area contributed by atoms with Crippen LogP contribution in [-0.4, -0.2) is 4.57 Å². The first-order chi connectivity index (χ1) is 34.0. The minimum absolute atomic E-state index is 0.171. The Bertz CT molecular complexity index is 3900. The normalized spacial score (nSPS) is 12.6. The van der Waals surface area contributed by atoms with Crippen LogP contribution in [0.25, 0.3) is 93.9 Å². The maximum Gasteiger partial charge on any atom is 0.0546 e. The predicted molar refractivity (Wildman–Crippen MR) is 292 cm³/mol. The van der Waals surface area contributed by atoms with Crippen LogP contribution >= 0.6 is 0 Å². The molecule has 11 aromatic carbocycles. The molecule has 0 aliphatic heterocycles. The fourth-order valence-electron chi connectivity index (χ4n) is 11.2. The number of rotatable bonds is 8. The minimum Gasteiger partial charge on any atom is -0.310 e. The molecule has 1 aromatic heterocycles. The molecule has 12 aromatic rings. The average Bonchev–Trinajstić information content (AvgIpc) is 3.86. The molecule has 1 aliphatic carbocycles. The summed E-state index contributed by atoms with van der Waals surface area (Å²) in [4.78, 5) is 2.50. The Morgan fingerprint density at radius 1 is 0.319 bits per heavy atom. The number of fused-ring (bicyclic) bond motifs is 7. The Balaban J connectivity index is 1.07. The van der Waals surface area contributed by atoms with E-state index in [1.807, 2.05) is 0 Å². The molecule has 0 saturated heterocycles. The molecule has 1 aliphatic rings. The van der Waals surface area contributed by atoms with E-state index in [1.54, 1.807) is 0 Å². The zero-order valence-electron chi connectivity index (χ0n) is 38.6. The van der Waals surface area contributed by atoms with E-state index in [1.165, 1.54) is 82.6 Å². The van der Waals surface area contributed by atoms with E-state index in [0.717, 1.165) is 39.4 Å². The van der Waals surface area contributed by atoms with Gasteiger partial charge in [-0.15, -0.1) is 0 Å². The van der Waals surface area contributed by atoms with Gasteiger partial charge in [-0.2, -0.15) is 0 Å². The summed E-state index contributed by atoms with van der Waals surface area (Å²) in [6.45, 7) is 4.74. The van der Waals surface area contributed by atoms with Crippen LogP contribution in [0.1, 0.15) is 25.0 Å². The van der Waals surface area contributed by atoms with Crippen LogP contribution < -0.4 is 4.90 Å². The number of benzene rings is 11. The summed E-state index contributed by atoms with van der Waals surface area (Å²) < 4.78 is 2.39. The summed E-state index contributed by atoms with van der Waals surface area (Å²) in [5.41, 5.74) is 21.4. The molecule has 0 amide bonds. The molecule has 13 rings (SSSR count). The molecule has 1 heterocycles. The van der Waals surface area contributed by atoms with Crippen molar-refractivity contribution in [3.05, 3.63) is 266 Å². The monoisotopic (exact) mass is 880 g/mol. The molecule has 0 N–H and O–H groups in total. The van der Waals surface area contributed by atoms with Gasteiger partial charge in [-0.1, -0.05) is 202 Å². The lowest BCUT2D eigenvalue weighted by Gasteiger charge is -2.31. The number of para-hydroxylation sites is 2. The van der Waals surface area contributed by atoms with Crippen molar-refractivity contribution in [2.45, 2.75) is 19.3 Å². The third-order valence-corrected chi connectivity index (χ3v) is 14.6. The van der Waals surface area contributed by atoms with Crippen LogP contribution in [0.4, 0.5) is 17.1 Å². The smallest absolute Gasteiger partial charge is 0.0546 e. The SMILES string of the molecule is CC1(C)c2ccccc2-c2ccc(N(c3ccc(-c4cccc5ccccc45)cc3)c3cc(-c4ccccc4)c(-c4ccc5c(c4)c4ccccc4n5-c4ccccc4)cc3-c3ccccc3)cc21. The highest BCUT2D eigenvalue weighted by atomic mass is 15.1. The lowest BCUT2D eigenvalue weighted by Crippen LogP contribution is -2.17. The van der Waals surface area contributed by atoms with Gasteiger partial charge in [0, 0.05) is 38.8 Å². The van der Waals surface area contributed by atoms with E-state index >= 15 is 0 Å². The number of nitrogens with zero attached hydrogens (tertiary/aromatic N) is 2. The van der Waals surface area contributed by atoms with Crippen molar-refractivity contribution in [1.82, 2.24) is 4.57 Å². The second-order valence-electron chi connectivity index (χ2n) is 18.9. The van der Waals surface area contributed by atoms with Crippen LogP contribution in [0, 0.1) is 0 Å². The summed E-state index contributed by atoms with van der Waals surface area (Å²) in [7, 11) is 0. The van der Waals surface area contributed by atoms with E-state index in [-0.39, 0.29) is 5.41 Å². The van der Waals surface area contributed by atoms with Gasteiger partial charge in [0.2, 0.25) is 0 Å². The Morgan fingerprint density at radius 3 is 1.65 bits per heavy atom. The van der Waals surface area contributed by atoms with Gasteiger partial charge in [0.1, 0.15) is 0 Å². The molecular weight excluding hydrogens is 833 g/mol.